The SMILES string of the molecule is COc1cccc(/C=C2\Oc3c(CN4CCN(c5ccc(F)cc5)CC4)c(O)cc(C)c3C2=O)c1. The standard InChI is InChI=1S/C28H27FN2O4/c1-18-14-24(32)23(17-30-10-12-31(13-11-30)21-8-6-20(29)7-9-21)28-26(18)27(33)25(35-28)16-19-4-3-5-22(15-19)34-2/h3-9,14-16,32H,10-13,17H2,1-2H3/b25-16-. The Kier molecular flexibility index (Phi) is 6.17. The summed E-state index contributed by atoms with van der Waals surface area (Å²) < 4.78 is 24.6. The largest absolute Gasteiger partial charge is 0.507 e. The summed E-state index contributed by atoms with van der Waals surface area (Å²) in [5, 5.41) is 10.8. The lowest BCUT2D eigenvalue weighted by Crippen LogP contribution is -2.46. The monoisotopic (exact) mass is 474 g/mol. The number of Topliss-reactive ketones (excluding diaryl/α,β-unsaturated/α-hetero) is 1. The van der Waals surface area contributed by atoms with Gasteiger partial charge in [0.2, 0.25) is 5.78 Å². The van der Waals surface area contributed by atoms with Crippen LogP contribution in [0, 0.1) is 12.7 Å². The van der Waals surface area contributed by atoms with Gasteiger partial charge in [-0.1, -0.05) is 12.1 Å². The Labute approximate surface area is 203 Å². The number of nitrogens with zero attached hydrogens (tertiary/aromatic N) is 2. The number of aryl methyl sites for hydroxylation is 1. The summed E-state index contributed by atoms with van der Waals surface area (Å²) in [5.41, 5.74) is 3.58. The lowest BCUT2D eigenvalue weighted by atomic mass is 9.99. The van der Waals surface area contributed by atoms with E-state index in [1.54, 1.807) is 38.3 Å². The van der Waals surface area contributed by atoms with Crippen LogP contribution < -0.4 is 14.4 Å². The number of aromatic hydroxyl groups is 1. The molecule has 0 radical (unpaired) electrons. The maximum absolute atomic E-state index is 13.2. The Morgan fingerprint density at radius 3 is 2.54 bits per heavy atom. The minimum atomic E-state index is -0.245. The number of benzene rings is 3. The van der Waals surface area contributed by atoms with Crippen molar-refractivity contribution in [2.24, 2.45) is 0 Å². The lowest BCUT2D eigenvalue weighted by Gasteiger charge is -2.36. The normalized spacial score (nSPS) is 16.9. The number of anilines is 1. The van der Waals surface area contributed by atoms with Crippen molar-refractivity contribution in [1.29, 1.82) is 0 Å². The minimum absolute atomic E-state index is 0.123. The Balaban J connectivity index is 1.36. The van der Waals surface area contributed by atoms with Gasteiger partial charge < -0.3 is 19.5 Å². The molecule has 5 rings (SSSR count). The number of hydrogen-bond donors (Lipinski definition) is 1. The van der Waals surface area contributed by atoms with Crippen LogP contribution in [0.2, 0.25) is 0 Å². The summed E-state index contributed by atoms with van der Waals surface area (Å²) in [6, 6.07) is 15.6. The summed E-state index contributed by atoms with van der Waals surface area (Å²) in [7, 11) is 1.59. The molecular formula is C28H27FN2O4. The zero-order valence-corrected chi connectivity index (χ0v) is 19.8. The van der Waals surface area contributed by atoms with Gasteiger partial charge in [-0.15, -0.1) is 0 Å². The molecule has 2 heterocycles. The molecule has 0 aromatic heterocycles. The summed E-state index contributed by atoms with van der Waals surface area (Å²) in [6.45, 7) is 5.35. The number of phenolic OH excluding ortho intramolecular Hbond substituents is 1. The molecule has 180 valence electrons. The molecule has 0 amide bonds. The molecule has 6 nitrogen and oxygen atoms in total. The Bertz CT molecular complexity index is 1300. The van der Waals surface area contributed by atoms with Gasteiger partial charge in [0.15, 0.2) is 5.76 Å². The van der Waals surface area contributed by atoms with Gasteiger partial charge >= 0.3 is 0 Å². The fraction of sp³-hybridized carbons (Fsp3) is 0.250. The van der Waals surface area contributed by atoms with Gasteiger partial charge in [0.1, 0.15) is 23.1 Å². The molecule has 0 unspecified atom stereocenters. The number of allylic oxidation sites excluding steroid dienone is 1. The summed E-state index contributed by atoms with van der Waals surface area (Å²) in [6.07, 6.45) is 1.70. The van der Waals surface area contributed by atoms with E-state index in [0.717, 1.165) is 37.4 Å². The zero-order chi connectivity index (χ0) is 24.5. The van der Waals surface area contributed by atoms with E-state index >= 15 is 0 Å². The number of ketones is 1. The highest BCUT2D eigenvalue weighted by Crippen LogP contribution is 2.42. The highest BCUT2D eigenvalue weighted by atomic mass is 19.1. The molecule has 0 aliphatic carbocycles. The number of piperazine rings is 1. The van der Waals surface area contributed by atoms with Gasteiger partial charge in [-0.25, -0.2) is 4.39 Å². The van der Waals surface area contributed by atoms with Crippen LogP contribution >= 0.6 is 0 Å². The fourth-order valence-electron chi connectivity index (χ4n) is 4.66. The van der Waals surface area contributed by atoms with Gasteiger partial charge in [0.25, 0.3) is 0 Å². The molecule has 0 atom stereocenters. The van der Waals surface area contributed by atoms with E-state index in [9.17, 15) is 14.3 Å². The predicted molar refractivity (Wildman–Crippen MR) is 133 cm³/mol. The highest BCUT2D eigenvalue weighted by molar-refractivity contribution is 6.15. The first kappa shape index (κ1) is 22.9. The van der Waals surface area contributed by atoms with Crippen LogP contribution in [0.15, 0.2) is 60.4 Å². The smallest absolute Gasteiger partial charge is 0.232 e. The number of fused-ring (bicyclic) bond motifs is 1. The third kappa shape index (κ3) is 4.59. The number of phenols is 1. The number of carbonyl (C=O) groups excluding carboxylic acids is 1. The molecule has 3 aromatic carbocycles. The molecule has 2 aliphatic heterocycles. The van der Waals surface area contributed by atoms with Crippen molar-refractivity contribution in [1.82, 2.24) is 4.90 Å². The van der Waals surface area contributed by atoms with Crippen molar-refractivity contribution in [3.05, 3.63) is 88.4 Å². The molecule has 1 fully saturated rings. The van der Waals surface area contributed by atoms with Crippen molar-refractivity contribution in [3.8, 4) is 17.2 Å². The van der Waals surface area contributed by atoms with Gasteiger partial charge in [-0.2, -0.15) is 0 Å². The molecule has 7 heteroatoms. The molecule has 0 saturated carbocycles. The molecule has 0 spiro atoms. The van der Waals surface area contributed by atoms with Crippen LogP contribution in [0.3, 0.4) is 0 Å². The van der Waals surface area contributed by atoms with E-state index in [4.69, 9.17) is 9.47 Å². The maximum Gasteiger partial charge on any atom is 0.232 e. The van der Waals surface area contributed by atoms with Gasteiger partial charge in [-0.3, -0.25) is 9.69 Å². The van der Waals surface area contributed by atoms with Crippen LogP contribution in [0.1, 0.15) is 27.0 Å². The maximum atomic E-state index is 13.2. The summed E-state index contributed by atoms with van der Waals surface area (Å²) in [5.74, 6) is 1.04. The van der Waals surface area contributed by atoms with Crippen molar-refractivity contribution in [3.63, 3.8) is 0 Å². The van der Waals surface area contributed by atoms with Crippen molar-refractivity contribution in [2.75, 3.05) is 38.2 Å². The van der Waals surface area contributed by atoms with Crippen molar-refractivity contribution in [2.45, 2.75) is 13.5 Å². The number of methoxy groups -OCH3 is 1. The number of carbonyl (C=O) groups is 1. The van der Waals surface area contributed by atoms with Crippen LogP contribution in [-0.4, -0.2) is 49.1 Å². The van der Waals surface area contributed by atoms with E-state index in [1.165, 1.54) is 12.1 Å². The average molecular weight is 475 g/mol. The molecule has 0 bridgehead atoms. The Hall–Kier alpha value is -3.84. The van der Waals surface area contributed by atoms with Crippen LogP contribution in [0.25, 0.3) is 6.08 Å². The van der Waals surface area contributed by atoms with E-state index < -0.39 is 0 Å². The van der Waals surface area contributed by atoms with Crippen molar-refractivity contribution >= 4 is 17.5 Å². The minimum Gasteiger partial charge on any atom is -0.507 e. The molecule has 1 saturated heterocycles. The quantitative estimate of drug-likeness (QED) is 0.537. The molecule has 2 aliphatic rings. The van der Waals surface area contributed by atoms with Gasteiger partial charge in [0, 0.05) is 38.4 Å². The number of ether oxygens (including phenoxy) is 2. The third-order valence-electron chi connectivity index (χ3n) is 6.56. The molecule has 35 heavy (non-hydrogen) atoms. The van der Waals surface area contributed by atoms with E-state index in [2.05, 4.69) is 9.80 Å². The predicted octanol–water partition coefficient (Wildman–Crippen LogP) is 4.79. The highest BCUT2D eigenvalue weighted by Gasteiger charge is 2.34. The lowest BCUT2D eigenvalue weighted by molar-refractivity contribution is 0.101. The second-order valence-electron chi connectivity index (χ2n) is 8.85. The first-order valence-corrected chi connectivity index (χ1v) is 11.6. The third-order valence-corrected chi connectivity index (χ3v) is 6.56. The van der Waals surface area contributed by atoms with Crippen LogP contribution in [0.4, 0.5) is 10.1 Å². The van der Waals surface area contributed by atoms with E-state index in [0.29, 0.717) is 34.7 Å². The molecule has 3 aromatic rings. The Morgan fingerprint density at radius 2 is 1.83 bits per heavy atom. The number of halogens is 1. The summed E-state index contributed by atoms with van der Waals surface area (Å²) >= 11 is 0. The first-order valence-electron chi connectivity index (χ1n) is 11.6. The number of rotatable bonds is 5. The van der Waals surface area contributed by atoms with Crippen LogP contribution in [-0.2, 0) is 6.54 Å². The van der Waals surface area contributed by atoms with E-state index in [-0.39, 0.29) is 23.1 Å². The zero-order valence-electron chi connectivity index (χ0n) is 19.8. The topological polar surface area (TPSA) is 62.2 Å². The number of hydrogen-bond acceptors (Lipinski definition) is 6. The average Bonchev–Trinajstić information content (AvgIpc) is 3.19. The van der Waals surface area contributed by atoms with Crippen LogP contribution in [0.5, 0.6) is 17.2 Å². The van der Waals surface area contributed by atoms with E-state index in [1.807, 2.05) is 24.3 Å². The second kappa shape index (κ2) is 9.43. The second-order valence-corrected chi connectivity index (χ2v) is 8.85. The summed E-state index contributed by atoms with van der Waals surface area (Å²) in [4.78, 5) is 17.6. The Morgan fingerprint density at radius 1 is 1.09 bits per heavy atom. The molecular weight excluding hydrogens is 447 g/mol. The van der Waals surface area contributed by atoms with Gasteiger partial charge in [0.05, 0.1) is 18.2 Å². The molecule has 1 N–H and O–H groups in total. The first-order chi connectivity index (χ1) is 16.9. The van der Waals surface area contributed by atoms with Crippen molar-refractivity contribution < 1.29 is 23.8 Å². The fourth-order valence-corrected chi connectivity index (χ4v) is 4.66. The van der Waals surface area contributed by atoms with Gasteiger partial charge in [-0.05, 0) is 66.6 Å².